The second-order valence-electron chi connectivity index (χ2n) is 13.5. The Morgan fingerprint density at radius 3 is 1.77 bits per heavy atom. The maximum Gasteiger partial charge on any atom is 0.135 e. The zero-order valence-electron chi connectivity index (χ0n) is 29.0. The largest absolute Gasteiger partial charge is 0.456 e. The van der Waals surface area contributed by atoms with Crippen molar-refractivity contribution in [3.63, 3.8) is 0 Å². The molecule has 0 N–H and O–H groups in total. The summed E-state index contributed by atoms with van der Waals surface area (Å²) < 4.78 is 6.24. The predicted octanol–water partition coefficient (Wildman–Crippen LogP) is 13.7. The predicted molar refractivity (Wildman–Crippen MR) is 221 cm³/mol. The Morgan fingerprint density at radius 2 is 1.02 bits per heavy atom. The maximum atomic E-state index is 6.24. The van der Waals surface area contributed by atoms with Crippen molar-refractivity contribution in [2.24, 2.45) is 4.99 Å². The molecule has 250 valence electrons. The highest BCUT2D eigenvalue weighted by molar-refractivity contribution is 6.15. The van der Waals surface area contributed by atoms with Crippen LogP contribution in [-0.2, 0) is 6.42 Å². The Kier molecular flexibility index (Phi) is 7.54. The summed E-state index contributed by atoms with van der Waals surface area (Å²) in [5, 5.41) is 2.31. The molecular formula is C50H34N2O. The topological polar surface area (TPSA) is 28.7 Å². The smallest absolute Gasteiger partial charge is 0.135 e. The van der Waals surface area contributed by atoms with Crippen LogP contribution in [0.3, 0.4) is 0 Å². The van der Waals surface area contributed by atoms with E-state index in [9.17, 15) is 0 Å². The van der Waals surface area contributed by atoms with Gasteiger partial charge in [0.25, 0.3) is 0 Å². The molecule has 3 nitrogen and oxygen atoms in total. The van der Waals surface area contributed by atoms with Crippen molar-refractivity contribution in [2.45, 2.75) is 6.42 Å². The van der Waals surface area contributed by atoms with Crippen molar-refractivity contribution in [3.05, 3.63) is 205 Å². The number of rotatable bonds is 7. The molecule has 3 heteroatoms. The molecule has 0 aliphatic carbocycles. The van der Waals surface area contributed by atoms with E-state index in [-0.39, 0.29) is 0 Å². The lowest BCUT2D eigenvalue weighted by Crippen LogP contribution is -2.13. The third-order valence-electron chi connectivity index (χ3n) is 10.3. The minimum atomic E-state index is 0.741. The highest BCUT2D eigenvalue weighted by Gasteiger charge is 2.25. The molecule has 2 heterocycles. The lowest BCUT2D eigenvalue weighted by molar-refractivity contribution is 0.669. The summed E-state index contributed by atoms with van der Waals surface area (Å²) in [5.41, 5.74) is 16.5. The molecule has 1 aliphatic heterocycles. The SMILES string of the molecule is c1ccc(-c2ccc(N(c3ccccc3-c3ccccc3)c3ccc(C4=Nc5ccc6oc7ccccc7c6c5C4)cc3-c3ccccc3)cc2)cc1. The van der Waals surface area contributed by atoms with Crippen molar-refractivity contribution in [1.82, 2.24) is 0 Å². The molecular weight excluding hydrogens is 645 g/mol. The Hall–Kier alpha value is -6.97. The first-order valence-corrected chi connectivity index (χ1v) is 18.1. The van der Waals surface area contributed by atoms with Crippen LogP contribution in [0.15, 0.2) is 204 Å². The number of aliphatic imine (C=N–C) groups is 1. The van der Waals surface area contributed by atoms with E-state index >= 15 is 0 Å². The molecule has 0 unspecified atom stereocenters. The quantitative estimate of drug-likeness (QED) is 0.168. The van der Waals surface area contributed by atoms with E-state index in [2.05, 4.69) is 187 Å². The average Bonchev–Trinajstić information content (AvgIpc) is 3.84. The van der Waals surface area contributed by atoms with Gasteiger partial charge in [-0.3, -0.25) is 4.99 Å². The highest BCUT2D eigenvalue weighted by Crippen LogP contribution is 2.46. The summed E-state index contributed by atoms with van der Waals surface area (Å²) in [7, 11) is 0. The van der Waals surface area contributed by atoms with Gasteiger partial charge in [-0.05, 0) is 81.9 Å². The van der Waals surface area contributed by atoms with Crippen molar-refractivity contribution >= 4 is 50.4 Å². The summed E-state index contributed by atoms with van der Waals surface area (Å²) in [6.45, 7) is 0. The van der Waals surface area contributed by atoms with Crippen molar-refractivity contribution in [1.29, 1.82) is 0 Å². The number of fused-ring (bicyclic) bond motifs is 5. The molecule has 0 amide bonds. The molecule has 8 aromatic carbocycles. The van der Waals surface area contributed by atoms with E-state index < -0.39 is 0 Å². The van der Waals surface area contributed by atoms with Gasteiger partial charge in [-0.1, -0.05) is 146 Å². The van der Waals surface area contributed by atoms with E-state index in [1.807, 2.05) is 12.1 Å². The van der Waals surface area contributed by atoms with Crippen LogP contribution in [0.5, 0.6) is 0 Å². The summed E-state index contributed by atoms with van der Waals surface area (Å²) in [6, 6.07) is 68.9. The molecule has 0 saturated carbocycles. The van der Waals surface area contributed by atoms with Crippen molar-refractivity contribution < 1.29 is 4.42 Å². The zero-order chi connectivity index (χ0) is 35.1. The van der Waals surface area contributed by atoms with Crippen LogP contribution in [0.4, 0.5) is 22.7 Å². The minimum absolute atomic E-state index is 0.741. The first-order chi connectivity index (χ1) is 26.3. The summed E-state index contributed by atoms with van der Waals surface area (Å²) in [5.74, 6) is 0. The van der Waals surface area contributed by atoms with Crippen LogP contribution < -0.4 is 4.90 Å². The van der Waals surface area contributed by atoms with Gasteiger partial charge in [0.2, 0.25) is 0 Å². The van der Waals surface area contributed by atoms with Gasteiger partial charge in [0.1, 0.15) is 11.2 Å². The number of nitrogens with zero attached hydrogens (tertiary/aromatic N) is 2. The van der Waals surface area contributed by atoms with Gasteiger partial charge in [0, 0.05) is 34.0 Å². The van der Waals surface area contributed by atoms with Crippen molar-refractivity contribution in [2.75, 3.05) is 4.90 Å². The van der Waals surface area contributed by atoms with Gasteiger partial charge >= 0.3 is 0 Å². The van der Waals surface area contributed by atoms with Crippen LogP contribution in [0, 0.1) is 0 Å². The van der Waals surface area contributed by atoms with Crippen LogP contribution in [0.1, 0.15) is 11.1 Å². The number of anilines is 3. The molecule has 9 aromatic rings. The van der Waals surface area contributed by atoms with Crippen LogP contribution in [-0.4, -0.2) is 5.71 Å². The fourth-order valence-corrected chi connectivity index (χ4v) is 7.81. The lowest BCUT2D eigenvalue weighted by atomic mass is 9.94. The summed E-state index contributed by atoms with van der Waals surface area (Å²) in [4.78, 5) is 7.65. The number of furan rings is 1. The van der Waals surface area contributed by atoms with Gasteiger partial charge in [-0.25, -0.2) is 0 Å². The molecule has 0 atom stereocenters. The number of hydrogen-bond donors (Lipinski definition) is 0. The van der Waals surface area contributed by atoms with E-state index in [0.717, 1.165) is 73.7 Å². The first-order valence-electron chi connectivity index (χ1n) is 18.1. The summed E-state index contributed by atoms with van der Waals surface area (Å²) >= 11 is 0. The Bertz CT molecular complexity index is 2780. The van der Waals surface area contributed by atoms with Gasteiger partial charge in [-0.2, -0.15) is 0 Å². The number of hydrogen-bond acceptors (Lipinski definition) is 3. The van der Waals surface area contributed by atoms with Crippen molar-refractivity contribution in [3.8, 4) is 33.4 Å². The molecule has 0 radical (unpaired) electrons. The third kappa shape index (κ3) is 5.51. The zero-order valence-corrected chi connectivity index (χ0v) is 29.0. The molecule has 0 spiro atoms. The molecule has 53 heavy (non-hydrogen) atoms. The standard InChI is InChI=1S/C50H34N2O/c1-4-14-34(15-5-1)35-24-27-39(28-25-35)52(46-22-12-10-20-40(46)36-16-6-2-7-17-36)47-30-26-38(32-42(47)37-18-8-3-9-19-37)45-33-43-44(51-45)29-31-49-50(43)41-21-11-13-23-48(41)53-49/h1-32H,33H2. The average molecular weight is 679 g/mol. The van der Waals surface area contributed by atoms with E-state index in [4.69, 9.17) is 9.41 Å². The molecule has 10 rings (SSSR count). The molecule has 1 aliphatic rings. The Morgan fingerprint density at radius 1 is 0.434 bits per heavy atom. The van der Waals surface area contributed by atoms with Gasteiger partial charge < -0.3 is 9.32 Å². The Labute approximate surface area is 308 Å². The van der Waals surface area contributed by atoms with Crippen LogP contribution in [0.25, 0.3) is 55.3 Å². The lowest BCUT2D eigenvalue weighted by Gasteiger charge is -2.30. The first kappa shape index (κ1) is 30.8. The Balaban J connectivity index is 1.14. The van der Waals surface area contributed by atoms with E-state index in [1.54, 1.807) is 0 Å². The normalized spacial score (nSPS) is 12.2. The molecule has 0 saturated heterocycles. The maximum absolute atomic E-state index is 6.24. The third-order valence-corrected chi connectivity index (χ3v) is 10.3. The van der Waals surface area contributed by atoms with Gasteiger partial charge in [0.15, 0.2) is 0 Å². The van der Waals surface area contributed by atoms with Crippen LogP contribution in [0.2, 0.25) is 0 Å². The fourth-order valence-electron chi connectivity index (χ4n) is 7.81. The molecule has 0 bridgehead atoms. The molecule has 0 fully saturated rings. The second kappa shape index (κ2) is 13.0. The minimum Gasteiger partial charge on any atom is -0.456 e. The van der Waals surface area contributed by atoms with Crippen LogP contribution >= 0.6 is 0 Å². The second-order valence-corrected chi connectivity index (χ2v) is 13.5. The summed E-state index contributed by atoms with van der Waals surface area (Å²) in [6.07, 6.45) is 0.741. The highest BCUT2D eigenvalue weighted by atomic mass is 16.3. The van der Waals surface area contributed by atoms with E-state index in [0.29, 0.717) is 0 Å². The van der Waals surface area contributed by atoms with Gasteiger partial charge in [-0.15, -0.1) is 0 Å². The molecule has 1 aromatic heterocycles. The monoisotopic (exact) mass is 678 g/mol. The van der Waals surface area contributed by atoms with E-state index in [1.165, 1.54) is 27.6 Å². The number of benzene rings is 8. The van der Waals surface area contributed by atoms with Gasteiger partial charge in [0.05, 0.1) is 22.8 Å². The fraction of sp³-hybridized carbons (Fsp3) is 0.0200. The number of para-hydroxylation sites is 2.